The van der Waals surface area contributed by atoms with E-state index in [2.05, 4.69) is 48.5 Å². The maximum absolute atomic E-state index is 10.9. The smallest absolute Gasteiger partial charge is 0.0625 e. The summed E-state index contributed by atoms with van der Waals surface area (Å²) >= 11 is 0. The van der Waals surface area contributed by atoms with Crippen LogP contribution in [0.5, 0.6) is 0 Å². The minimum atomic E-state index is -0.138. The summed E-state index contributed by atoms with van der Waals surface area (Å²) in [7, 11) is 1.94. The Morgan fingerprint density at radius 1 is 0.727 bits per heavy atom. The van der Waals surface area contributed by atoms with Gasteiger partial charge in [0.25, 0.3) is 0 Å². The van der Waals surface area contributed by atoms with Crippen molar-refractivity contribution >= 4 is 0 Å². The number of aliphatic hydroxyl groups is 1. The third-order valence-corrected chi connectivity index (χ3v) is 13.0. The number of fused-ring (bicyclic) bond motifs is 5. The Hall–Kier alpha value is -0.340. The van der Waals surface area contributed by atoms with Crippen molar-refractivity contribution in [3.63, 3.8) is 0 Å². The lowest BCUT2D eigenvalue weighted by Gasteiger charge is -2.64. The largest absolute Gasteiger partial charge is 0.393 e. The van der Waals surface area contributed by atoms with Gasteiger partial charge >= 0.3 is 0 Å². The molecule has 0 aromatic carbocycles. The van der Waals surface area contributed by atoms with E-state index in [9.17, 15) is 5.11 Å². The van der Waals surface area contributed by atoms with Crippen LogP contribution < -0.4 is 0 Å². The lowest BCUT2D eigenvalue weighted by Crippen LogP contribution is -2.58. The highest BCUT2D eigenvalue weighted by molar-refractivity contribution is 5.32. The van der Waals surface area contributed by atoms with Crippen molar-refractivity contribution in [2.45, 2.75) is 131 Å². The van der Waals surface area contributed by atoms with E-state index in [4.69, 9.17) is 4.74 Å². The number of hydrogen-bond donors (Lipinski definition) is 1. The highest BCUT2D eigenvalue weighted by Gasteiger charge is 2.62. The number of allylic oxidation sites excluding steroid dienone is 2. The molecule has 3 fully saturated rings. The molecule has 0 amide bonds. The maximum atomic E-state index is 10.9. The highest BCUT2D eigenvalue weighted by Crippen LogP contribution is 2.70. The zero-order chi connectivity index (χ0) is 24.0. The molecule has 5 aliphatic rings. The van der Waals surface area contributed by atoms with Crippen LogP contribution in [0.25, 0.3) is 0 Å². The van der Waals surface area contributed by atoms with Crippen LogP contribution in [0.1, 0.15) is 119 Å². The summed E-state index contributed by atoms with van der Waals surface area (Å²) in [5, 5.41) is 10.9. The molecule has 5 rings (SSSR count). The van der Waals surface area contributed by atoms with Crippen molar-refractivity contribution in [2.75, 3.05) is 7.11 Å². The van der Waals surface area contributed by atoms with Crippen LogP contribution in [0.4, 0.5) is 0 Å². The minimum Gasteiger partial charge on any atom is -0.393 e. The van der Waals surface area contributed by atoms with E-state index in [1.165, 1.54) is 64.2 Å². The first-order chi connectivity index (χ1) is 15.3. The zero-order valence-electron chi connectivity index (χ0n) is 23.0. The van der Waals surface area contributed by atoms with E-state index in [1.807, 2.05) is 18.3 Å². The van der Waals surface area contributed by atoms with Crippen molar-refractivity contribution in [2.24, 2.45) is 44.8 Å². The van der Waals surface area contributed by atoms with Crippen molar-refractivity contribution < 1.29 is 9.84 Å². The summed E-state index contributed by atoms with van der Waals surface area (Å²) in [6.07, 6.45) is 14.3. The quantitative estimate of drug-likeness (QED) is 0.406. The van der Waals surface area contributed by atoms with Crippen LogP contribution in [0.3, 0.4) is 0 Å². The highest BCUT2D eigenvalue weighted by atomic mass is 16.5. The van der Waals surface area contributed by atoms with E-state index >= 15 is 0 Å². The van der Waals surface area contributed by atoms with Gasteiger partial charge in [0.1, 0.15) is 0 Å². The zero-order valence-corrected chi connectivity index (χ0v) is 23.0. The fraction of sp³-hybridized carbons (Fsp3) is 0.935. The van der Waals surface area contributed by atoms with E-state index in [0.29, 0.717) is 28.3 Å². The van der Waals surface area contributed by atoms with Crippen molar-refractivity contribution in [1.82, 2.24) is 0 Å². The second kappa shape index (κ2) is 7.58. The summed E-state index contributed by atoms with van der Waals surface area (Å²) in [4.78, 5) is 0. The van der Waals surface area contributed by atoms with Gasteiger partial charge in [0.2, 0.25) is 0 Å². The van der Waals surface area contributed by atoms with E-state index < -0.39 is 0 Å². The Morgan fingerprint density at radius 2 is 1.42 bits per heavy atom. The number of aliphatic hydroxyl groups excluding tert-OH is 1. The topological polar surface area (TPSA) is 29.5 Å². The molecule has 0 aliphatic heterocycles. The summed E-state index contributed by atoms with van der Waals surface area (Å²) < 4.78 is 6.04. The molecule has 0 radical (unpaired) electrons. The van der Waals surface area contributed by atoms with Gasteiger partial charge in [-0.1, -0.05) is 59.6 Å². The van der Waals surface area contributed by atoms with E-state index in [-0.39, 0.29) is 16.9 Å². The predicted octanol–water partition coefficient (Wildman–Crippen LogP) is 7.94. The fourth-order valence-electron chi connectivity index (χ4n) is 11.3. The number of ether oxygens (including phenoxy) is 1. The Balaban J connectivity index is 1.49. The first-order valence-corrected chi connectivity index (χ1v) is 14.2. The Labute approximate surface area is 204 Å². The predicted molar refractivity (Wildman–Crippen MR) is 137 cm³/mol. The average molecular weight is 457 g/mol. The molecule has 0 heterocycles. The molecule has 33 heavy (non-hydrogen) atoms. The van der Waals surface area contributed by atoms with Gasteiger partial charge in [0, 0.05) is 7.11 Å². The molecule has 2 heteroatoms. The van der Waals surface area contributed by atoms with Crippen LogP contribution in [-0.4, -0.2) is 24.4 Å². The number of methoxy groups -OCH3 is 1. The van der Waals surface area contributed by atoms with Gasteiger partial charge < -0.3 is 9.84 Å². The molecule has 8 atom stereocenters. The van der Waals surface area contributed by atoms with Gasteiger partial charge in [0.15, 0.2) is 0 Å². The van der Waals surface area contributed by atoms with Crippen LogP contribution >= 0.6 is 0 Å². The van der Waals surface area contributed by atoms with Gasteiger partial charge in [0.05, 0.1) is 12.2 Å². The molecular formula is C31H52O2. The second-order valence-corrected chi connectivity index (χ2v) is 15.1. The minimum absolute atomic E-state index is 0.0358. The molecule has 2 nitrogen and oxygen atoms in total. The molecule has 0 aromatic heterocycles. The van der Waals surface area contributed by atoms with Gasteiger partial charge in [-0.25, -0.2) is 0 Å². The fourth-order valence-corrected chi connectivity index (χ4v) is 11.3. The second-order valence-electron chi connectivity index (χ2n) is 15.1. The molecule has 0 saturated heterocycles. The first kappa shape index (κ1) is 24.4. The summed E-state index contributed by atoms with van der Waals surface area (Å²) in [5.41, 5.74) is 5.18. The first-order valence-electron chi connectivity index (χ1n) is 14.2. The number of rotatable bonds is 1. The molecule has 3 saturated carbocycles. The van der Waals surface area contributed by atoms with Crippen LogP contribution in [-0.2, 0) is 4.74 Å². The maximum Gasteiger partial charge on any atom is 0.0625 e. The standard InChI is InChI=1S/C31H52O2/c1-27(2)22-11-9-20-19-29(5)16-13-23-28(3,4)26(33-8)15-18-31(23,7)24(29)12-10-21(20)30(22,6)17-14-25(27)32/h22-26,32H,9-19H2,1-8H3/t22-,23?,24?,25+,26-,29-,30+,31-/m0/s1. The normalized spacial score (nSPS) is 51.0. The summed E-state index contributed by atoms with van der Waals surface area (Å²) in [5.74, 6) is 2.21. The van der Waals surface area contributed by atoms with E-state index in [1.54, 1.807) is 0 Å². The molecule has 2 unspecified atom stereocenters. The van der Waals surface area contributed by atoms with Gasteiger partial charge in [-0.15, -0.1) is 0 Å². The third kappa shape index (κ3) is 3.24. The molecule has 5 aliphatic carbocycles. The van der Waals surface area contributed by atoms with Crippen LogP contribution in [0.15, 0.2) is 11.1 Å². The Kier molecular flexibility index (Phi) is 5.60. The Bertz CT molecular complexity index is 823. The van der Waals surface area contributed by atoms with E-state index in [0.717, 1.165) is 18.3 Å². The summed E-state index contributed by atoms with van der Waals surface area (Å²) in [6, 6.07) is 0. The van der Waals surface area contributed by atoms with Crippen LogP contribution in [0, 0.1) is 44.8 Å². The van der Waals surface area contributed by atoms with Crippen molar-refractivity contribution in [3.05, 3.63) is 11.1 Å². The number of hydrogen-bond acceptors (Lipinski definition) is 2. The van der Waals surface area contributed by atoms with Crippen molar-refractivity contribution in [1.29, 1.82) is 0 Å². The van der Waals surface area contributed by atoms with Gasteiger partial charge in [-0.05, 0) is 115 Å². The summed E-state index contributed by atoms with van der Waals surface area (Å²) in [6.45, 7) is 17.7. The molecule has 0 spiro atoms. The van der Waals surface area contributed by atoms with Gasteiger partial charge in [-0.2, -0.15) is 0 Å². The average Bonchev–Trinajstić information content (AvgIpc) is 2.88. The monoisotopic (exact) mass is 456 g/mol. The third-order valence-electron chi connectivity index (χ3n) is 13.0. The van der Waals surface area contributed by atoms with Crippen molar-refractivity contribution in [3.8, 4) is 0 Å². The molecule has 0 bridgehead atoms. The lowest BCUT2D eigenvalue weighted by atomic mass is 9.42. The lowest BCUT2D eigenvalue weighted by molar-refractivity contribution is -0.178. The van der Waals surface area contributed by atoms with Crippen LogP contribution in [0.2, 0.25) is 0 Å². The van der Waals surface area contributed by atoms with Gasteiger partial charge in [-0.3, -0.25) is 0 Å². The molecular weight excluding hydrogens is 404 g/mol. The SMILES string of the molecule is CO[C@H]1CC[C@@]2(C)C(CC[C@@]3(C)CC4=C(CCC32)[C@@]2(C)CC[C@@H](O)C(C)(C)[C@@H]2CC4)C1(C)C. The molecule has 1 N–H and O–H groups in total. The molecule has 0 aromatic rings. The Morgan fingerprint density at radius 3 is 2.12 bits per heavy atom. The molecule has 188 valence electrons.